The molecule has 0 aromatic carbocycles. The first kappa shape index (κ1) is 12.0. The molecule has 0 radical (unpaired) electrons. The van der Waals surface area contributed by atoms with Crippen LogP contribution in [0.3, 0.4) is 0 Å². The van der Waals surface area contributed by atoms with Gasteiger partial charge in [0.15, 0.2) is 0 Å². The molecular weight excluding hydrogens is 230 g/mol. The molecule has 4 nitrogen and oxygen atoms in total. The van der Waals surface area contributed by atoms with E-state index in [9.17, 15) is 9.59 Å². The molecule has 0 aromatic heterocycles. The lowest BCUT2D eigenvalue weighted by molar-refractivity contribution is -0.137. The van der Waals surface area contributed by atoms with Crippen LogP contribution in [0, 0.1) is 0 Å². The normalized spacial score (nSPS) is 13.4. The van der Waals surface area contributed by atoms with Crippen LogP contribution in [0.2, 0.25) is 0 Å². The van der Waals surface area contributed by atoms with Crippen LogP contribution < -0.4 is 5.32 Å². The lowest BCUT2D eigenvalue weighted by atomic mass is 10.1. The Labute approximate surface area is 114 Å². The fourth-order valence-corrected chi connectivity index (χ4v) is 1.84. The number of carboxylic acids is 1. The molecule has 0 atom stereocenters. The van der Waals surface area contributed by atoms with Crippen molar-refractivity contribution in [3.63, 3.8) is 0 Å². The molecule has 0 spiro atoms. The van der Waals surface area contributed by atoms with Crippen molar-refractivity contribution in [3.05, 3.63) is 0 Å². The van der Waals surface area contributed by atoms with Crippen LogP contribution in [0.4, 0.5) is 0 Å². The number of nitrogens with one attached hydrogen (secondary N) is 1. The minimum Gasteiger partial charge on any atom is -0.481 e. The molecule has 4 heteroatoms. The van der Waals surface area contributed by atoms with Gasteiger partial charge >= 0.3 is 5.97 Å². The smallest absolute Gasteiger partial charge is 0.303 e. The summed E-state index contributed by atoms with van der Waals surface area (Å²) in [5.41, 5.74) is 0. The van der Waals surface area contributed by atoms with Gasteiger partial charge in [0, 0.05) is 23.9 Å². The van der Waals surface area contributed by atoms with Gasteiger partial charge in [-0.1, -0.05) is 44.9 Å². The zero-order valence-corrected chi connectivity index (χ0v) is 11.0. The number of rotatable bonds is 12. The Kier molecular flexibility index (Phi) is 8.26. The predicted molar refractivity (Wildman–Crippen MR) is 72.5 cm³/mol. The Hall–Kier alpha value is -1.06. The van der Waals surface area contributed by atoms with Crippen LogP contribution >= 0.6 is 0 Å². The number of hydrogen-bond acceptors (Lipinski definition) is 2. The second-order valence-electron chi connectivity index (χ2n) is 4.58. The zero-order chi connectivity index (χ0) is 16.1. The lowest BCUT2D eigenvalue weighted by Crippen LogP contribution is -2.20. The van der Waals surface area contributed by atoms with Crippen LogP contribution in [-0.2, 0) is 9.59 Å². The Morgan fingerprint density at radius 3 is 1.94 bits per heavy atom. The van der Waals surface area contributed by atoms with Crippen molar-refractivity contribution in [3.8, 4) is 0 Å². The SMILES string of the molecule is [2H]C([2H])([2H])C(=O)NCCCCCCCCCCCC(=O)O. The molecule has 0 fully saturated rings. The van der Waals surface area contributed by atoms with Crippen molar-refractivity contribution in [2.24, 2.45) is 0 Å². The molecule has 0 unspecified atom stereocenters. The number of carbonyl (C=O) groups is 2. The first-order chi connectivity index (χ1) is 9.84. The standard InChI is InChI=1S/C14H27NO3/c1-13(16)15-12-10-8-6-4-2-3-5-7-9-11-14(17)18/h2-12H2,1H3,(H,15,16)(H,17,18)/i1D3. The van der Waals surface area contributed by atoms with Crippen LogP contribution in [-0.4, -0.2) is 23.5 Å². The summed E-state index contributed by atoms with van der Waals surface area (Å²) in [6.45, 7) is -2.12. The Morgan fingerprint density at radius 1 is 0.944 bits per heavy atom. The molecule has 0 bridgehead atoms. The molecule has 106 valence electrons. The molecule has 0 rings (SSSR count). The molecule has 0 aromatic rings. The van der Waals surface area contributed by atoms with Gasteiger partial charge in [0.25, 0.3) is 0 Å². The summed E-state index contributed by atoms with van der Waals surface area (Å²) in [5.74, 6) is -1.59. The molecule has 18 heavy (non-hydrogen) atoms. The number of carbonyl (C=O) groups excluding carboxylic acids is 1. The summed E-state index contributed by atoms with van der Waals surface area (Å²) in [6.07, 6.45) is 9.38. The number of aliphatic carboxylic acids is 1. The van der Waals surface area contributed by atoms with Crippen molar-refractivity contribution in [1.82, 2.24) is 5.32 Å². The third-order valence-corrected chi connectivity index (χ3v) is 2.85. The number of unbranched alkanes of at least 4 members (excludes halogenated alkanes) is 8. The van der Waals surface area contributed by atoms with Gasteiger partial charge in [-0.05, 0) is 12.8 Å². The van der Waals surface area contributed by atoms with E-state index in [0.717, 1.165) is 57.8 Å². The minimum absolute atomic E-state index is 0.266. The third-order valence-electron chi connectivity index (χ3n) is 2.85. The quantitative estimate of drug-likeness (QED) is 0.530. The maximum Gasteiger partial charge on any atom is 0.303 e. The molecule has 2 N–H and O–H groups in total. The highest BCUT2D eigenvalue weighted by molar-refractivity contribution is 5.72. The minimum atomic E-state index is -2.54. The average Bonchev–Trinajstić information content (AvgIpc) is 2.38. The van der Waals surface area contributed by atoms with Crippen LogP contribution in [0.15, 0.2) is 0 Å². The van der Waals surface area contributed by atoms with Crippen molar-refractivity contribution in [2.45, 2.75) is 71.1 Å². The van der Waals surface area contributed by atoms with Crippen LogP contribution in [0.5, 0.6) is 0 Å². The van der Waals surface area contributed by atoms with Gasteiger partial charge in [-0.2, -0.15) is 0 Å². The number of hydrogen-bond donors (Lipinski definition) is 2. The monoisotopic (exact) mass is 260 g/mol. The van der Waals surface area contributed by atoms with E-state index in [2.05, 4.69) is 5.32 Å². The summed E-state index contributed by atoms with van der Waals surface area (Å²) < 4.78 is 20.7. The van der Waals surface area contributed by atoms with Crippen LogP contribution in [0.1, 0.15) is 75.2 Å². The highest BCUT2D eigenvalue weighted by atomic mass is 16.4. The number of amides is 1. The fraction of sp³-hybridized carbons (Fsp3) is 0.857. The van der Waals surface area contributed by atoms with E-state index in [4.69, 9.17) is 9.22 Å². The van der Waals surface area contributed by atoms with Gasteiger partial charge < -0.3 is 10.4 Å². The number of carboxylic acid groups (broad SMARTS) is 1. The third kappa shape index (κ3) is 14.9. The Balaban J connectivity index is 3.20. The van der Waals surface area contributed by atoms with E-state index in [1.807, 2.05) is 0 Å². The van der Waals surface area contributed by atoms with E-state index in [1.54, 1.807) is 0 Å². The van der Waals surface area contributed by atoms with E-state index >= 15 is 0 Å². The zero-order valence-electron chi connectivity index (χ0n) is 14.0. The molecule has 0 aliphatic heterocycles. The van der Waals surface area contributed by atoms with Gasteiger partial charge in [0.05, 0.1) is 0 Å². The van der Waals surface area contributed by atoms with Gasteiger partial charge in [0.2, 0.25) is 5.91 Å². The summed E-state index contributed by atoms with van der Waals surface area (Å²) >= 11 is 0. The van der Waals surface area contributed by atoms with Gasteiger partial charge in [0.1, 0.15) is 0 Å². The van der Waals surface area contributed by atoms with E-state index in [-0.39, 0.29) is 6.42 Å². The largest absolute Gasteiger partial charge is 0.481 e. The first-order valence-corrected chi connectivity index (χ1v) is 6.84. The van der Waals surface area contributed by atoms with E-state index in [0.29, 0.717) is 6.54 Å². The van der Waals surface area contributed by atoms with Crippen molar-refractivity contribution >= 4 is 11.9 Å². The maximum absolute atomic E-state index is 11.1. The molecule has 0 heterocycles. The highest BCUT2D eigenvalue weighted by Crippen LogP contribution is 2.10. The average molecular weight is 260 g/mol. The molecule has 1 amide bonds. The predicted octanol–water partition coefficient (Wildman–Crippen LogP) is 3.11. The summed E-state index contributed by atoms with van der Waals surface area (Å²) in [5, 5.41) is 10.9. The topological polar surface area (TPSA) is 66.4 Å². The van der Waals surface area contributed by atoms with E-state index in [1.165, 1.54) is 0 Å². The van der Waals surface area contributed by atoms with Crippen molar-refractivity contribution in [1.29, 1.82) is 0 Å². The van der Waals surface area contributed by atoms with Gasteiger partial charge in [-0.3, -0.25) is 9.59 Å². The highest BCUT2D eigenvalue weighted by Gasteiger charge is 1.97. The summed E-state index contributed by atoms with van der Waals surface area (Å²) in [6, 6.07) is 0. The van der Waals surface area contributed by atoms with E-state index < -0.39 is 18.7 Å². The Morgan fingerprint density at radius 2 is 1.44 bits per heavy atom. The fourth-order valence-electron chi connectivity index (χ4n) is 1.84. The van der Waals surface area contributed by atoms with Gasteiger partial charge in [-0.25, -0.2) is 0 Å². The summed E-state index contributed by atoms with van der Waals surface area (Å²) in [4.78, 5) is 21.4. The van der Waals surface area contributed by atoms with Crippen molar-refractivity contribution < 1.29 is 18.8 Å². The Bertz CT molecular complexity index is 306. The van der Waals surface area contributed by atoms with Gasteiger partial charge in [-0.15, -0.1) is 0 Å². The maximum atomic E-state index is 11.1. The second-order valence-corrected chi connectivity index (χ2v) is 4.58. The lowest BCUT2D eigenvalue weighted by Gasteiger charge is -2.03. The molecular formula is C14H27NO3. The molecule has 0 aliphatic carbocycles. The molecule has 0 aliphatic rings. The first-order valence-electron chi connectivity index (χ1n) is 8.34. The molecule has 0 saturated heterocycles. The second kappa shape index (κ2) is 12.4. The molecule has 0 saturated carbocycles. The summed E-state index contributed by atoms with van der Waals surface area (Å²) in [7, 11) is 0. The van der Waals surface area contributed by atoms with Crippen LogP contribution in [0.25, 0.3) is 0 Å². The van der Waals surface area contributed by atoms with Crippen molar-refractivity contribution in [2.75, 3.05) is 6.54 Å².